The number of Topliss-reactive ketones (excluding diaryl/α,β-unsaturated/α-hetero) is 1. The van der Waals surface area contributed by atoms with Gasteiger partial charge in [0.25, 0.3) is 10.0 Å². The van der Waals surface area contributed by atoms with Crippen molar-refractivity contribution in [3.8, 4) is 0 Å². The van der Waals surface area contributed by atoms with E-state index >= 15 is 0 Å². The Hall–Kier alpha value is -3.12. The lowest BCUT2D eigenvalue weighted by atomic mass is 9.98. The molecule has 0 heterocycles. The van der Waals surface area contributed by atoms with E-state index in [1.165, 1.54) is 12.1 Å². The third-order valence-corrected chi connectivity index (χ3v) is 5.24. The average molecular weight is 378 g/mol. The van der Waals surface area contributed by atoms with Gasteiger partial charge in [0.05, 0.1) is 10.6 Å². The van der Waals surface area contributed by atoms with Crippen LogP contribution in [0.15, 0.2) is 98.2 Å². The summed E-state index contributed by atoms with van der Waals surface area (Å²) in [7, 11) is -3.92. The van der Waals surface area contributed by atoms with Gasteiger partial charge in [-0.15, -0.1) is 4.40 Å². The molecule has 0 atom stereocenters. The monoisotopic (exact) mass is 378 g/mol. The van der Waals surface area contributed by atoms with Gasteiger partial charge in [-0.2, -0.15) is 8.42 Å². The molecule has 0 unspecified atom stereocenters. The number of aliphatic imine (C=N–C) groups is 1. The lowest BCUT2D eigenvalue weighted by Gasteiger charge is -2.10. The number of carbonyl (C=O) groups is 1. The maximum Gasteiger partial charge on any atom is 0.284 e. The second-order valence-electron chi connectivity index (χ2n) is 6.09. The van der Waals surface area contributed by atoms with Crippen molar-refractivity contribution in [3.63, 3.8) is 0 Å². The first kappa shape index (κ1) is 18.7. The van der Waals surface area contributed by atoms with Crippen LogP contribution in [0, 0.1) is 0 Å². The van der Waals surface area contributed by atoms with Crippen molar-refractivity contribution < 1.29 is 13.2 Å². The zero-order valence-electron chi connectivity index (χ0n) is 15.0. The number of hydrogen-bond donors (Lipinski definition) is 0. The lowest BCUT2D eigenvalue weighted by molar-refractivity contribution is -0.112. The molecule has 2 aromatic carbocycles. The van der Waals surface area contributed by atoms with Crippen molar-refractivity contribution in [2.24, 2.45) is 9.39 Å². The van der Waals surface area contributed by atoms with E-state index in [4.69, 9.17) is 0 Å². The second kappa shape index (κ2) is 7.63. The first-order valence-electron chi connectivity index (χ1n) is 8.32. The standard InChI is InChI=1S/C21H18N2O3S/c1-15-13-18(14-16(2)20(15)24)22-21(17-9-5-3-6-10-17)23-27(25,26)19-11-7-4-8-12-19/h3-14H,1-2H3. The van der Waals surface area contributed by atoms with E-state index in [1.54, 1.807) is 68.5 Å². The Labute approximate surface area is 158 Å². The van der Waals surface area contributed by atoms with Gasteiger partial charge in [-0.1, -0.05) is 48.5 Å². The Bertz CT molecular complexity index is 1070. The predicted molar refractivity (Wildman–Crippen MR) is 107 cm³/mol. The molecule has 27 heavy (non-hydrogen) atoms. The predicted octanol–water partition coefficient (Wildman–Crippen LogP) is 3.74. The fraction of sp³-hybridized carbons (Fsp3) is 0.0952. The molecule has 0 aliphatic heterocycles. The Morgan fingerprint density at radius 3 is 1.89 bits per heavy atom. The van der Waals surface area contributed by atoms with Gasteiger partial charge in [0.2, 0.25) is 0 Å². The Kier molecular flexibility index (Phi) is 5.28. The van der Waals surface area contributed by atoms with Crippen molar-refractivity contribution in [3.05, 3.63) is 89.5 Å². The van der Waals surface area contributed by atoms with Gasteiger partial charge >= 0.3 is 0 Å². The number of allylic oxidation sites excluding steroid dienone is 4. The summed E-state index contributed by atoms with van der Waals surface area (Å²) in [5, 5.41) is 0. The summed E-state index contributed by atoms with van der Waals surface area (Å²) in [6, 6.07) is 16.9. The molecule has 0 radical (unpaired) electrons. The van der Waals surface area contributed by atoms with E-state index in [9.17, 15) is 13.2 Å². The highest BCUT2D eigenvalue weighted by molar-refractivity contribution is 7.90. The van der Waals surface area contributed by atoms with Crippen LogP contribution < -0.4 is 0 Å². The van der Waals surface area contributed by atoms with Crippen molar-refractivity contribution in [1.82, 2.24) is 0 Å². The van der Waals surface area contributed by atoms with Crippen LogP contribution in [0.1, 0.15) is 19.4 Å². The van der Waals surface area contributed by atoms with Crippen LogP contribution in [0.2, 0.25) is 0 Å². The Morgan fingerprint density at radius 1 is 0.815 bits per heavy atom. The number of amidine groups is 1. The quantitative estimate of drug-likeness (QED) is 0.464. The zero-order chi connectivity index (χ0) is 19.4. The molecule has 0 spiro atoms. The van der Waals surface area contributed by atoms with Gasteiger partial charge in [0, 0.05) is 5.56 Å². The summed E-state index contributed by atoms with van der Waals surface area (Å²) in [5.74, 6) is 0.0148. The molecule has 0 amide bonds. The van der Waals surface area contributed by atoms with Crippen LogP contribution in [-0.2, 0) is 14.8 Å². The Morgan fingerprint density at radius 2 is 1.33 bits per heavy atom. The van der Waals surface area contributed by atoms with Gasteiger partial charge < -0.3 is 0 Å². The summed E-state index contributed by atoms with van der Waals surface area (Å²) >= 11 is 0. The van der Waals surface area contributed by atoms with Crippen LogP contribution in [0.25, 0.3) is 0 Å². The van der Waals surface area contributed by atoms with Crippen LogP contribution in [0.3, 0.4) is 0 Å². The number of carbonyl (C=O) groups excluding carboxylic acids is 1. The summed E-state index contributed by atoms with van der Waals surface area (Å²) < 4.78 is 29.4. The van der Waals surface area contributed by atoms with Crippen molar-refractivity contribution >= 4 is 27.4 Å². The number of sulfonamides is 1. The molecular weight excluding hydrogens is 360 g/mol. The number of ketones is 1. The maximum atomic E-state index is 12.7. The zero-order valence-corrected chi connectivity index (χ0v) is 15.8. The molecule has 136 valence electrons. The third kappa shape index (κ3) is 4.35. The van der Waals surface area contributed by atoms with Crippen molar-refractivity contribution in [2.75, 3.05) is 0 Å². The molecule has 0 saturated heterocycles. The van der Waals surface area contributed by atoms with Crippen LogP contribution in [-0.4, -0.2) is 25.7 Å². The van der Waals surface area contributed by atoms with Crippen molar-refractivity contribution in [2.45, 2.75) is 18.7 Å². The highest BCUT2D eigenvalue weighted by Crippen LogP contribution is 2.17. The second-order valence-corrected chi connectivity index (χ2v) is 7.69. The van der Waals surface area contributed by atoms with E-state index in [0.29, 0.717) is 22.4 Å². The van der Waals surface area contributed by atoms with E-state index in [2.05, 4.69) is 9.39 Å². The molecule has 6 heteroatoms. The SMILES string of the molecule is CC1=CC(=NC(=NS(=O)(=O)c2ccccc2)c2ccccc2)C=C(C)C1=O. The maximum absolute atomic E-state index is 12.7. The average Bonchev–Trinajstić information content (AvgIpc) is 2.67. The van der Waals surface area contributed by atoms with Gasteiger partial charge in [0.1, 0.15) is 0 Å². The minimum atomic E-state index is -3.92. The minimum Gasteiger partial charge on any atom is -0.289 e. The highest BCUT2D eigenvalue weighted by Gasteiger charge is 2.17. The molecule has 0 aromatic heterocycles. The molecule has 0 saturated carbocycles. The van der Waals surface area contributed by atoms with Crippen molar-refractivity contribution in [1.29, 1.82) is 0 Å². The summed E-state index contributed by atoms with van der Waals surface area (Å²) in [5.41, 5.74) is 2.15. The number of nitrogens with zero attached hydrogens (tertiary/aromatic N) is 2. The molecule has 0 N–H and O–H groups in total. The first-order chi connectivity index (χ1) is 12.9. The van der Waals surface area contributed by atoms with Crippen LogP contribution >= 0.6 is 0 Å². The van der Waals surface area contributed by atoms with Crippen LogP contribution in [0.4, 0.5) is 0 Å². The normalized spacial score (nSPS) is 15.3. The molecule has 0 bridgehead atoms. The van der Waals surface area contributed by atoms with Gasteiger partial charge in [-0.25, -0.2) is 4.99 Å². The fourth-order valence-corrected chi connectivity index (χ4v) is 3.58. The van der Waals surface area contributed by atoms with E-state index < -0.39 is 10.0 Å². The molecule has 1 aliphatic carbocycles. The van der Waals surface area contributed by atoms with Gasteiger partial charge in [-0.3, -0.25) is 4.79 Å². The smallest absolute Gasteiger partial charge is 0.284 e. The fourth-order valence-electron chi connectivity index (χ4n) is 2.60. The summed E-state index contributed by atoms with van der Waals surface area (Å²) in [6.45, 7) is 3.41. The van der Waals surface area contributed by atoms with E-state index in [1.807, 2.05) is 6.07 Å². The van der Waals surface area contributed by atoms with Gasteiger partial charge in [0.15, 0.2) is 11.6 Å². The molecular formula is C21H18N2O3S. The number of rotatable bonds is 3. The van der Waals surface area contributed by atoms with Crippen LogP contribution in [0.5, 0.6) is 0 Å². The summed E-state index contributed by atoms with van der Waals surface area (Å²) in [6.07, 6.45) is 3.26. The first-order valence-corrected chi connectivity index (χ1v) is 9.76. The molecule has 0 fully saturated rings. The summed E-state index contributed by atoms with van der Waals surface area (Å²) in [4.78, 5) is 16.5. The molecule has 1 aliphatic rings. The van der Waals surface area contributed by atoms with Gasteiger partial charge in [-0.05, 0) is 49.3 Å². The number of hydrogen-bond acceptors (Lipinski definition) is 3. The third-order valence-electron chi connectivity index (χ3n) is 3.96. The largest absolute Gasteiger partial charge is 0.289 e. The van der Waals surface area contributed by atoms with E-state index in [0.717, 1.165) is 0 Å². The minimum absolute atomic E-state index is 0.0518. The topological polar surface area (TPSA) is 75.9 Å². The van der Waals surface area contributed by atoms with E-state index in [-0.39, 0.29) is 16.5 Å². The molecule has 2 aromatic rings. The lowest BCUT2D eigenvalue weighted by Crippen LogP contribution is -2.13. The Balaban J connectivity index is 2.14. The highest BCUT2D eigenvalue weighted by atomic mass is 32.2. The number of benzene rings is 2. The molecule has 3 rings (SSSR count). The molecule has 5 nitrogen and oxygen atoms in total.